The third kappa shape index (κ3) is 16.7. The molecule has 4 fully saturated rings. The molecule has 6 N–H and O–H groups in total. The van der Waals surface area contributed by atoms with E-state index in [-0.39, 0.29) is 87.8 Å². The second-order valence-electron chi connectivity index (χ2n) is 29.5. The van der Waals surface area contributed by atoms with Crippen molar-refractivity contribution in [3.05, 3.63) is 263 Å². The number of nitrogens with two attached hydrogens (primary N) is 1. The lowest BCUT2D eigenvalue weighted by Crippen LogP contribution is -2.48. The van der Waals surface area contributed by atoms with Gasteiger partial charge in [0.25, 0.3) is 35.4 Å². The van der Waals surface area contributed by atoms with E-state index in [1.54, 1.807) is 110 Å². The molecule has 4 saturated carbocycles. The van der Waals surface area contributed by atoms with Crippen molar-refractivity contribution in [1.29, 1.82) is 0 Å². The third-order valence-corrected chi connectivity index (χ3v) is 21.7. The first-order valence-electron chi connectivity index (χ1n) is 37.8. The van der Waals surface area contributed by atoms with Gasteiger partial charge < -0.3 is 26.8 Å². The molecule has 4 aliphatic heterocycles. The zero-order chi connectivity index (χ0) is 81.1. The zero-order valence-electron chi connectivity index (χ0n) is 63.6. The molecule has 4 aromatic carbocycles. The van der Waals surface area contributed by atoms with Crippen LogP contribution in [0.4, 0.5) is 23.3 Å². The fraction of sp³-hybridized carbons (Fsp3) is 0.300. The Morgan fingerprint density at radius 1 is 0.350 bits per heavy atom. The molecule has 4 aliphatic carbocycles. The van der Waals surface area contributed by atoms with Crippen LogP contribution in [0.25, 0.3) is 0 Å². The van der Waals surface area contributed by atoms with E-state index in [4.69, 9.17) is 10.8 Å². The van der Waals surface area contributed by atoms with E-state index in [2.05, 4.69) is 97.1 Å². The molecule has 8 aliphatic rings. The minimum atomic E-state index is -1.06. The Kier molecular flexibility index (Phi) is 21.5. The smallest absolute Gasteiger partial charge is 0.358 e. The van der Waals surface area contributed by atoms with Crippen LogP contribution in [0.2, 0.25) is 0 Å². The number of benzene rings is 4. The largest absolute Gasteiger partial charge is 0.476 e. The lowest BCUT2D eigenvalue weighted by molar-refractivity contribution is -0.121. The van der Waals surface area contributed by atoms with E-state index < -0.39 is 47.9 Å². The number of carbonyl (C=O) groups is 8. The van der Waals surface area contributed by atoms with Crippen LogP contribution in [-0.2, 0) is 45.4 Å². The number of hydrogen-bond acceptors (Lipinski definition) is 25. The van der Waals surface area contributed by atoms with Crippen molar-refractivity contribution in [3.8, 4) is 0 Å². The number of nitrogens with one attached hydrogen (secondary N) is 3. The summed E-state index contributed by atoms with van der Waals surface area (Å²) in [4.78, 5) is 140. The number of carboxylic acid groups (broad SMARTS) is 1. The van der Waals surface area contributed by atoms with Crippen LogP contribution >= 0.6 is 0 Å². The maximum absolute atomic E-state index is 13.0. The van der Waals surface area contributed by atoms with Gasteiger partial charge in [0.05, 0.1) is 79.8 Å². The van der Waals surface area contributed by atoms with Gasteiger partial charge in [-0.05, 0) is 71.6 Å². The molecule has 12 aromatic rings. The van der Waals surface area contributed by atoms with E-state index in [0.717, 1.165) is 70.7 Å². The molecule has 20 rings (SSSR count). The lowest BCUT2D eigenvalue weighted by Gasteiger charge is -2.22. The predicted molar refractivity (Wildman–Crippen MR) is 416 cm³/mol. The number of amides is 7. The molecule has 0 bridgehead atoms. The zero-order valence-corrected chi connectivity index (χ0v) is 63.6. The number of nitrogens with zero attached hydrogens (tertiary/aromatic N) is 24. The van der Waals surface area contributed by atoms with Gasteiger partial charge in [-0.15, -0.1) is 20.4 Å². The molecular formula is C80H78N28O9. The van der Waals surface area contributed by atoms with Crippen LogP contribution in [0.15, 0.2) is 196 Å². The number of anilines is 4. The number of carbonyl (C=O) groups excluding carboxylic acids is 7. The van der Waals surface area contributed by atoms with Gasteiger partial charge in [0, 0.05) is 101 Å². The van der Waals surface area contributed by atoms with Crippen LogP contribution < -0.4 is 41.3 Å². The first kappa shape index (κ1) is 76.5. The molecule has 0 spiro atoms. The van der Waals surface area contributed by atoms with E-state index >= 15 is 0 Å². The van der Waals surface area contributed by atoms with Gasteiger partial charge in [0.2, 0.25) is 5.91 Å². The summed E-state index contributed by atoms with van der Waals surface area (Å²) < 4.78 is 6.32. The predicted octanol–water partition coefficient (Wildman–Crippen LogP) is 3.89. The summed E-state index contributed by atoms with van der Waals surface area (Å²) in [5.74, 6) is 0.492. The van der Waals surface area contributed by atoms with Gasteiger partial charge in [-0.25, -0.2) is 43.5 Å². The summed E-state index contributed by atoms with van der Waals surface area (Å²) >= 11 is 0. The average molecular weight is 1580 g/mol. The highest BCUT2D eigenvalue weighted by molar-refractivity contribution is 6.05. The Balaban J connectivity index is 0.000000112. The normalized spacial score (nSPS) is 22.2. The Bertz CT molecular complexity index is 5280. The second kappa shape index (κ2) is 32.9. The fourth-order valence-corrected chi connectivity index (χ4v) is 15.2. The molecule has 592 valence electrons. The van der Waals surface area contributed by atoms with E-state index in [1.807, 2.05) is 121 Å². The minimum absolute atomic E-state index is 0.0196. The Hall–Kier alpha value is -14.5. The number of aromatic carboxylic acids is 1. The fourth-order valence-electron chi connectivity index (χ4n) is 15.2. The standard InChI is InChI=1S/3C20H19N7O2.C10H12N4O.C10H9N3O2/c3*1-26-18-16(21-7-8-22-18)13-9-14(13)17(20(26)29)23-19(28)15-11-27(25-24-15)10-12-5-3-2-4-6-12;1-14-9-8(12-2-3-13-9)6-4-5(6)7(11)10(14)15;14-10(15)9-7-13(12-11-9)6-8-4-2-1-3-5-8/h3*2-8,11,13-14,17H,9-10H2,1H3,(H,23,28);2-3,5-7H,4,11H2,1H3;1-5,7H,6H2,(H,14,15)/t13-,14?,17+;2*13-,14+,17+;5-,6+,7-;/m1100./s1. The molecule has 0 saturated heterocycles. The molecule has 12 atom stereocenters. The Labute approximate surface area is 667 Å². The van der Waals surface area contributed by atoms with Crippen molar-refractivity contribution in [3.63, 3.8) is 0 Å². The van der Waals surface area contributed by atoms with Crippen molar-refractivity contribution >= 4 is 70.6 Å². The second-order valence-corrected chi connectivity index (χ2v) is 29.5. The van der Waals surface area contributed by atoms with Crippen molar-refractivity contribution in [1.82, 2.24) is 116 Å². The van der Waals surface area contributed by atoms with E-state index in [1.165, 1.54) is 30.5 Å². The highest BCUT2D eigenvalue weighted by atomic mass is 16.4. The number of likely N-dealkylation sites (N-methyl/N-ethyl adjacent to an activating group) is 4. The lowest BCUT2D eigenvalue weighted by atomic mass is 10.1. The maximum Gasteiger partial charge on any atom is 0.358 e. The van der Waals surface area contributed by atoms with Gasteiger partial charge in [-0.3, -0.25) is 73.1 Å². The summed E-state index contributed by atoms with van der Waals surface area (Å²) in [6, 6.07) is 36.8. The van der Waals surface area contributed by atoms with Crippen molar-refractivity contribution in [2.75, 3.05) is 47.8 Å². The summed E-state index contributed by atoms with van der Waals surface area (Å²) in [5.41, 5.74) is 14.0. The summed E-state index contributed by atoms with van der Waals surface area (Å²) in [7, 11) is 6.70. The summed E-state index contributed by atoms with van der Waals surface area (Å²) in [6.45, 7) is 2.08. The quantitative estimate of drug-likeness (QED) is 0.0971. The summed E-state index contributed by atoms with van der Waals surface area (Å²) in [5, 5.41) is 48.5. The Morgan fingerprint density at radius 2 is 0.590 bits per heavy atom. The average Bonchev–Trinajstić information content (AvgIpc) is 1.61. The number of aromatic nitrogens is 20. The van der Waals surface area contributed by atoms with E-state index in [9.17, 15) is 38.4 Å². The number of fused-ring (bicyclic) bond motifs is 12. The number of carboxylic acids is 1. The number of hydrogen-bond donors (Lipinski definition) is 5. The summed E-state index contributed by atoms with van der Waals surface area (Å²) in [6.07, 6.45) is 22.5. The number of rotatable bonds is 15. The van der Waals surface area contributed by atoms with Crippen LogP contribution in [0.1, 0.15) is 136 Å². The van der Waals surface area contributed by atoms with Crippen molar-refractivity contribution in [2.24, 2.45) is 29.4 Å². The van der Waals surface area contributed by atoms with Crippen molar-refractivity contribution in [2.45, 2.75) is 99.7 Å². The van der Waals surface area contributed by atoms with Gasteiger partial charge in [-0.1, -0.05) is 142 Å². The van der Waals surface area contributed by atoms with Crippen molar-refractivity contribution < 1.29 is 43.5 Å². The van der Waals surface area contributed by atoms with E-state index in [0.29, 0.717) is 55.4 Å². The molecule has 37 heteroatoms. The Morgan fingerprint density at radius 3 is 0.863 bits per heavy atom. The van der Waals surface area contributed by atoms with Crippen LogP contribution in [0.3, 0.4) is 0 Å². The molecular weight excluding hydrogens is 1500 g/mol. The minimum Gasteiger partial charge on any atom is -0.476 e. The topological polar surface area (TPSA) is 458 Å². The monoisotopic (exact) mass is 1570 g/mol. The highest BCUT2D eigenvalue weighted by Crippen LogP contribution is 2.56. The highest BCUT2D eigenvalue weighted by Gasteiger charge is 2.57. The van der Waals surface area contributed by atoms with Gasteiger partial charge in [-0.2, -0.15) is 0 Å². The maximum atomic E-state index is 13.0. The molecule has 37 nitrogen and oxygen atoms in total. The molecule has 7 amide bonds. The molecule has 1 unspecified atom stereocenters. The van der Waals surface area contributed by atoms with Crippen LogP contribution in [-0.4, -0.2) is 205 Å². The molecule has 117 heavy (non-hydrogen) atoms. The first-order chi connectivity index (χ1) is 56.8. The first-order valence-corrected chi connectivity index (χ1v) is 37.8. The van der Waals surface area contributed by atoms with Gasteiger partial charge in [0.15, 0.2) is 46.0 Å². The molecule has 8 aromatic heterocycles. The molecule has 0 radical (unpaired) electrons. The third-order valence-electron chi connectivity index (χ3n) is 21.7. The van der Waals surface area contributed by atoms with Crippen LogP contribution in [0.5, 0.6) is 0 Å². The van der Waals surface area contributed by atoms with Crippen LogP contribution in [0, 0.1) is 23.7 Å². The SMILES string of the molecule is CN1C(=O)[C@@H](N)[C@H]2C[C@H]2c2nccnc21.CN1C(=O)[C@@H](NC(=O)c2cn(Cc3ccccc3)nn2)C2C[C@H]2c2nccnc21.CN1C(=O)[C@@H](NC(=O)c2cn(Cc3ccccc3)nn2)[C@H]2C[C@H]2c2nccnc21.CN1C(=O)[C@H](NC(=O)c2cn(Cc3ccccc3)nn2)[C@@H]2C[C@@H]2c2nccnc21.O=C(O)c1cn(Cc2ccccc2)nn1. The molecule has 12 heterocycles. The van der Waals surface area contributed by atoms with Gasteiger partial charge >= 0.3 is 5.97 Å². The van der Waals surface area contributed by atoms with Gasteiger partial charge in [0.1, 0.15) is 18.1 Å².